The fraction of sp³-hybridized carbons (Fsp3) is 0.239. The summed E-state index contributed by atoms with van der Waals surface area (Å²) in [5.41, 5.74) is 5.07. The largest absolute Gasteiger partial charge is 0.494 e. The third-order valence-electron chi connectivity index (χ3n) is 8.88. The molecule has 0 heterocycles. The Morgan fingerprint density at radius 3 is 1.63 bits per heavy atom. The standard InChI is InChI=1S/C46H46O8/c1-3-42(48)52-32-40(47)18-12-4-5-13-31-51-41-29-27-35(28-30-41)34-23-25-39(26-24-34)46(50)54-44(37-16-10-7-11-17-37)43(36-14-8-6-9-15-36)53-45(49)38-21-19-33(2)20-22-38/h3,6-11,14-17,19-30,40,43-44,47H,1,4-5,12-13,18,31-32H2,2H3/t40?,43-,44-/m1/s1. The summed E-state index contributed by atoms with van der Waals surface area (Å²) in [4.78, 5) is 38.2. The maximum absolute atomic E-state index is 13.7. The molecular weight excluding hydrogens is 680 g/mol. The zero-order chi connectivity index (χ0) is 38.1. The molecule has 5 rings (SSSR count). The van der Waals surface area contributed by atoms with Crippen molar-refractivity contribution in [3.05, 3.63) is 174 Å². The molecule has 0 saturated heterocycles. The smallest absolute Gasteiger partial charge is 0.338 e. The number of hydrogen-bond donors (Lipinski definition) is 1. The molecule has 0 aliphatic carbocycles. The lowest BCUT2D eigenvalue weighted by Crippen LogP contribution is -2.23. The summed E-state index contributed by atoms with van der Waals surface area (Å²) in [5.74, 6) is -0.826. The minimum absolute atomic E-state index is 0.0129. The van der Waals surface area contributed by atoms with E-state index >= 15 is 0 Å². The molecule has 0 aliphatic heterocycles. The van der Waals surface area contributed by atoms with Crippen molar-refractivity contribution >= 4 is 17.9 Å². The van der Waals surface area contributed by atoms with Crippen LogP contribution in [0.1, 0.15) is 81.7 Å². The molecule has 5 aromatic rings. The Bertz CT molecular complexity index is 1920. The highest BCUT2D eigenvalue weighted by molar-refractivity contribution is 5.91. The molecule has 0 spiro atoms. The van der Waals surface area contributed by atoms with Crippen LogP contribution in [0.4, 0.5) is 0 Å². The van der Waals surface area contributed by atoms with E-state index in [-0.39, 0.29) is 6.61 Å². The number of aliphatic hydroxyl groups excluding tert-OH is 1. The zero-order valence-corrected chi connectivity index (χ0v) is 30.5. The minimum atomic E-state index is -0.920. The van der Waals surface area contributed by atoms with Crippen LogP contribution in [0.25, 0.3) is 11.1 Å². The van der Waals surface area contributed by atoms with Gasteiger partial charge in [0.15, 0.2) is 12.2 Å². The van der Waals surface area contributed by atoms with Gasteiger partial charge >= 0.3 is 17.9 Å². The average molecular weight is 727 g/mol. The van der Waals surface area contributed by atoms with E-state index in [1.807, 2.05) is 116 Å². The Kier molecular flexibility index (Phi) is 14.7. The van der Waals surface area contributed by atoms with Gasteiger partial charge in [-0.05, 0) is 78.4 Å². The van der Waals surface area contributed by atoms with Crippen LogP contribution in [0.5, 0.6) is 5.75 Å². The van der Waals surface area contributed by atoms with Crippen LogP contribution in [0.3, 0.4) is 0 Å². The SMILES string of the molecule is C=CC(=O)OCC(O)CCCCCCOc1ccc(-c2ccc(C(=O)O[C@H](c3ccccc3)[C@H](OC(=O)c3ccc(C)cc3)c3ccccc3)cc2)cc1. The number of aryl methyl sites for hydroxylation is 1. The van der Waals surface area contributed by atoms with E-state index in [2.05, 4.69) is 6.58 Å². The van der Waals surface area contributed by atoms with Crippen molar-refractivity contribution in [2.75, 3.05) is 13.2 Å². The van der Waals surface area contributed by atoms with Crippen molar-refractivity contribution in [1.29, 1.82) is 0 Å². The van der Waals surface area contributed by atoms with Gasteiger partial charge in [-0.1, -0.05) is 128 Å². The Labute approximate surface area is 317 Å². The lowest BCUT2D eigenvalue weighted by molar-refractivity contribution is -0.140. The summed E-state index contributed by atoms with van der Waals surface area (Å²) < 4.78 is 23.1. The Morgan fingerprint density at radius 2 is 1.11 bits per heavy atom. The zero-order valence-electron chi connectivity index (χ0n) is 30.5. The molecule has 5 aromatic carbocycles. The van der Waals surface area contributed by atoms with Crippen LogP contribution in [0, 0.1) is 6.92 Å². The number of esters is 3. The number of aliphatic hydroxyl groups is 1. The third-order valence-corrected chi connectivity index (χ3v) is 8.88. The molecule has 0 saturated carbocycles. The summed E-state index contributed by atoms with van der Waals surface area (Å²) >= 11 is 0. The fourth-order valence-electron chi connectivity index (χ4n) is 5.84. The van der Waals surface area contributed by atoms with Crippen LogP contribution >= 0.6 is 0 Å². The summed E-state index contributed by atoms with van der Waals surface area (Å²) in [7, 11) is 0. The molecule has 1 unspecified atom stereocenters. The number of rotatable bonds is 19. The van der Waals surface area contributed by atoms with Crippen LogP contribution in [-0.2, 0) is 19.0 Å². The van der Waals surface area contributed by atoms with E-state index in [1.54, 1.807) is 24.3 Å². The topological polar surface area (TPSA) is 108 Å². The number of unbranched alkanes of at least 4 members (excludes halogenated alkanes) is 3. The number of benzene rings is 5. The highest BCUT2D eigenvalue weighted by Crippen LogP contribution is 2.37. The second-order valence-electron chi connectivity index (χ2n) is 13.0. The first-order valence-corrected chi connectivity index (χ1v) is 18.2. The molecule has 278 valence electrons. The van der Waals surface area contributed by atoms with Crippen molar-refractivity contribution in [1.82, 2.24) is 0 Å². The molecule has 1 N–H and O–H groups in total. The molecule has 3 atom stereocenters. The highest BCUT2D eigenvalue weighted by Gasteiger charge is 2.32. The minimum Gasteiger partial charge on any atom is -0.494 e. The van der Waals surface area contributed by atoms with Gasteiger partial charge in [0.1, 0.15) is 12.4 Å². The first kappa shape index (κ1) is 39.2. The van der Waals surface area contributed by atoms with E-state index in [4.69, 9.17) is 18.9 Å². The summed E-state index contributed by atoms with van der Waals surface area (Å²) in [6, 6.07) is 40.7. The number of carbonyl (C=O) groups excluding carboxylic acids is 3. The molecular formula is C46H46O8. The van der Waals surface area contributed by atoms with E-state index in [1.165, 1.54) is 0 Å². The van der Waals surface area contributed by atoms with Crippen LogP contribution in [0.2, 0.25) is 0 Å². The van der Waals surface area contributed by atoms with E-state index < -0.39 is 36.2 Å². The Balaban J connectivity index is 1.18. The first-order valence-electron chi connectivity index (χ1n) is 18.2. The highest BCUT2D eigenvalue weighted by atomic mass is 16.6. The van der Waals surface area contributed by atoms with Gasteiger partial charge in [0, 0.05) is 6.08 Å². The molecule has 8 heteroatoms. The molecule has 54 heavy (non-hydrogen) atoms. The second-order valence-corrected chi connectivity index (χ2v) is 13.0. The molecule has 8 nitrogen and oxygen atoms in total. The van der Waals surface area contributed by atoms with Crippen LogP contribution in [-0.4, -0.2) is 42.3 Å². The normalized spacial score (nSPS) is 12.5. The Hall–Kier alpha value is -5.99. The fourth-order valence-corrected chi connectivity index (χ4v) is 5.84. The van der Waals surface area contributed by atoms with Gasteiger partial charge in [0.2, 0.25) is 0 Å². The maximum Gasteiger partial charge on any atom is 0.338 e. The van der Waals surface area contributed by atoms with Gasteiger partial charge in [-0.25, -0.2) is 14.4 Å². The predicted molar refractivity (Wildman–Crippen MR) is 208 cm³/mol. The van der Waals surface area contributed by atoms with Gasteiger partial charge in [0.05, 0.1) is 23.8 Å². The lowest BCUT2D eigenvalue weighted by atomic mass is 9.97. The number of carbonyl (C=O) groups is 3. The Morgan fingerprint density at radius 1 is 0.630 bits per heavy atom. The van der Waals surface area contributed by atoms with Gasteiger partial charge in [0.25, 0.3) is 0 Å². The van der Waals surface area contributed by atoms with E-state index in [9.17, 15) is 19.5 Å². The second kappa shape index (κ2) is 20.3. The number of hydrogen-bond acceptors (Lipinski definition) is 8. The summed E-state index contributed by atoms with van der Waals surface area (Å²) in [6.45, 7) is 5.85. The van der Waals surface area contributed by atoms with Gasteiger partial charge in [-0.3, -0.25) is 0 Å². The van der Waals surface area contributed by atoms with Crippen molar-refractivity contribution < 1.29 is 38.4 Å². The van der Waals surface area contributed by atoms with Crippen molar-refractivity contribution in [2.24, 2.45) is 0 Å². The van der Waals surface area contributed by atoms with E-state index in [0.29, 0.717) is 35.3 Å². The molecule has 0 bridgehead atoms. The van der Waals surface area contributed by atoms with Gasteiger partial charge < -0.3 is 24.1 Å². The molecule has 0 aromatic heterocycles. The van der Waals surface area contributed by atoms with E-state index in [0.717, 1.165) is 54.2 Å². The summed E-state index contributed by atoms with van der Waals surface area (Å²) in [5, 5.41) is 9.90. The molecule has 0 fully saturated rings. The van der Waals surface area contributed by atoms with Gasteiger partial charge in [-0.15, -0.1) is 0 Å². The lowest BCUT2D eigenvalue weighted by Gasteiger charge is -2.28. The molecule has 0 amide bonds. The first-order chi connectivity index (χ1) is 26.3. The average Bonchev–Trinajstić information content (AvgIpc) is 3.21. The number of ether oxygens (including phenoxy) is 4. The molecule has 0 aliphatic rings. The maximum atomic E-state index is 13.7. The van der Waals surface area contributed by atoms with Gasteiger partial charge in [-0.2, -0.15) is 0 Å². The summed E-state index contributed by atoms with van der Waals surface area (Å²) in [6.07, 6.45) is 2.79. The van der Waals surface area contributed by atoms with Crippen molar-refractivity contribution in [2.45, 2.75) is 57.3 Å². The monoisotopic (exact) mass is 726 g/mol. The van der Waals surface area contributed by atoms with Crippen molar-refractivity contribution in [3.63, 3.8) is 0 Å². The third kappa shape index (κ3) is 11.8. The van der Waals surface area contributed by atoms with Crippen LogP contribution < -0.4 is 4.74 Å². The quantitative estimate of drug-likeness (QED) is 0.0388. The van der Waals surface area contributed by atoms with Crippen LogP contribution in [0.15, 0.2) is 146 Å². The van der Waals surface area contributed by atoms with Crippen molar-refractivity contribution in [3.8, 4) is 16.9 Å². The predicted octanol–water partition coefficient (Wildman–Crippen LogP) is 9.58. The molecule has 0 radical (unpaired) electrons.